The van der Waals surface area contributed by atoms with Crippen LogP contribution in [0.5, 0.6) is 0 Å². The van der Waals surface area contributed by atoms with Gasteiger partial charge in [-0.15, -0.1) is 21.5 Å². The highest BCUT2D eigenvalue weighted by Gasteiger charge is 2.19. The smallest absolute Gasteiger partial charge is 0.341 e. The van der Waals surface area contributed by atoms with Gasteiger partial charge in [-0.3, -0.25) is 4.79 Å². The molecule has 0 unspecified atom stereocenters. The Morgan fingerprint density at radius 3 is 2.65 bits per heavy atom. The van der Waals surface area contributed by atoms with E-state index >= 15 is 0 Å². The first-order chi connectivity index (χ1) is 14.9. The highest BCUT2D eigenvalue weighted by molar-refractivity contribution is 7.99. The fourth-order valence-corrected chi connectivity index (χ4v) is 4.63. The molecule has 0 atom stereocenters. The maximum atomic E-state index is 12.5. The van der Waals surface area contributed by atoms with E-state index in [4.69, 9.17) is 16.3 Å². The van der Waals surface area contributed by atoms with Crippen molar-refractivity contribution in [3.05, 3.63) is 57.2 Å². The second kappa shape index (κ2) is 10.8. The molecule has 164 valence electrons. The summed E-state index contributed by atoms with van der Waals surface area (Å²) in [6, 6.07) is 9.35. The van der Waals surface area contributed by atoms with Gasteiger partial charge in [0.1, 0.15) is 10.8 Å². The Bertz CT molecular complexity index is 1060. The van der Waals surface area contributed by atoms with Gasteiger partial charge in [0.05, 0.1) is 17.9 Å². The van der Waals surface area contributed by atoms with Gasteiger partial charge in [-0.25, -0.2) is 4.79 Å². The third kappa shape index (κ3) is 6.09. The van der Waals surface area contributed by atoms with Crippen LogP contribution in [0.3, 0.4) is 0 Å². The lowest BCUT2D eigenvalue weighted by Gasteiger charge is -2.06. The molecule has 0 radical (unpaired) electrons. The second-order valence-corrected chi connectivity index (χ2v) is 9.14. The average Bonchev–Trinajstić information content (AvgIpc) is 3.32. The molecule has 0 aliphatic carbocycles. The molecule has 0 fully saturated rings. The number of esters is 1. The number of ether oxygens (including phenoxy) is 1. The number of rotatable bonds is 9. The number of hydrogen-bond acceptors (Lipinski definition) is 7. The number of nitrogens with zero attached hydrogens (tertiary/aromatic N) is 3. The van der Waals surface area contributed by atoms with Crippen LogP contribution >= 0.6 is 34.7 Å². The molecular formula is C21H23ClN4O3S2. The minimum absolute atomic E-state index is 0.147. The maximum Gasteiger partial charge on any atom is 0.341 e. The van der Waals surface area contributed by atoms with Gasteiger partial charge >= 0.3 is 5.97 Å². The Hall–Kier alpha value is -2.36. The summed E-state index contributed by atoms with van der Waals surface area (Å²) in [5.74, 6) is 0.290. The molecule has 3 rings (SSSR count). The molecule has 3 aromatic rings. The summed E-state index contributed by atoms with van der Waals surface area (Å²) < 4.78 is 6.97. The van der Waals surface area contributed by atoms with E-state index in [9.17, 15) is 9.59 Å². The lowest BCUT2D eigenvalue weighted by molar-refractivity contribution is -0.113. The predicted octanol–water partition coefficient (Wildman–Crippen LogP) is 4.59. The third-order valence-electron chi connectivity index (χ3n) is 4.41. The van der Waals surface area contributed by atoms with Gasteiger partial charge in [0.2, 0.25) is 5.91 Å². The van der Waals surface area contributed by atoms with E-state index in [1.54, 1.807) is 13.0 Å². The Balaban J connectivity index is 1.61. The number of carbonyl (C=O) groups is 2. The van der Waals surface area contributed by atoms with Crippen molar-refractivity contribution in [2.45, 2.75) is 31.8 Å². The van der Waals surface area contributed by atoms with Crippen LogP contribution in [-0.2, 0) is 29.4 Å². The van der Waals surface area contributed by atoms with E-state index in [1.807, 2.05) is 42.8 Å². The molecule has 0 saturated carbocycles. The fourth-order valence-electron chi connectivity index (χ4n) is 2.77. The lowest BCUT2D eigenvalue weighted by Crippen LogP contribution is -2.16. The Morgan fingerprint density at radius 2 is 1.97 bits per heavy atom. The molecule has 0 spiro atoms. The number of aryl methyl sites for hydroxylation is 1. The highest BCUT2D eigenvalue weighted by Crippen LogP contribution is 2.30. The number of anilines is 1. The predicted molar refractivity (Wildman–Crippen MR) is 124 cm³/mol. The van der Waals surface area contributed by atoms with Gasteiger partial charge in [-0.05, 0) is 37.1 Å². The van der Waals surface area contributed by atoms with Crippen LogP contribution in [0.1, 0.15) is 40.5 Å². The minimum atomic E-state index is -0.429. The summed E-state index contributed by atoms with van der Waals surface area (Å²) in [7, 11) is 1.87. The summed E-state index contributed by atoms with van der Waals surface area (Å²) in [6.07, 6.45) is 1.39. The van der Waals surface area contributed by atoms with Gasteiger partial charge < -0.3 is 14.6 Å². The van der Waals surface area contributed by atoms with Gasteiger partial charge in [0.15, 0.2) is 5.16 Å². The van der Waals surface area contributed by atoms with E-state index in [2.05, 4.69) is 15.5 Å². The lowest BCUT2D eigenvalue weighted by atomic mass is 10.1. The zero-order valence-corrected chi connectivity index (χ0v) is 19.9. The summed E-state index contributed by atoms with van der Waals surface area (Å²) >= 11 is 8.61. The number of aromatic nitrogens is 3. The molecule has 1 aromatic carbocycles. The van der Waals surface area contributed by atoms with Gasteiger partial charge in [-0.2, -0.15) is 0 Å². The van der Waals surface area contributed by atoms with Gasteiger partial charge in [0, 0.05) is 23.4 Å². The van der Waals surface area contributed by atoms with Crippen molar-refractivity contribution < 1.29 is 14.3 Å². The topological polar surface area (TPSA) is 86.1 Å². The molecule has 2 aromatic heterocycles. The largest absolute Gasteiger partial charge is 0.462 e. The molecule has 1 N–H and O–H groups in total. The zero-order chi connectivity index (χ0) is 22.4. The summed E-state index contributed by atoms with van der Waals surface area (Å²) in [5.41, 5.74) is 1.47. The SMILES string of the molecule is CCOC(=O)c1cc(CC)sc1NC(=O)CSc1nnc(Cc2ccc(Cl)cc2)n1C. The van der Waals surface area contributed by atoms with E-state index in [1.165, 1.54) is 23.1 Å². The number of thioether (sulfide) groups is 1. The van der Waals surface area contributed by atoms with Gasteiger partial charge in [0.25, 0.3) is 0 Å². The number of carbonyl (C=O) groups excluding carboxylic acids is 2. The summed E-state index contributed by atoms with van der Waals surface area (Å²) in [4.78, 5) is 25.7. The number of thiophene rings is 1. The number of nitrogens with one attached hydrogen (secondary N) is 1. The van der Waals surface area contributed by atoms with E-state index in [0.29, 0.717) is 27.2 Å². The number of amides is 1. The van der Waals surface area contributed by atoms with Crippen molar-refractivity contribution in [2.75, 3.05) is 17.7 Å². The van der Waals surface area contributed by atoms with Gasteiger partial charge in [-0.1, -0.05) is 42.4 Å². The summed E-state index contributed by atoms with van der Waals surface area (Å²) in [5, 5.41) is 13.1. The second-order valence-electron chi connectivity index (χ2n) is 6.63. The molecule has 0 aliphatic rings. The molecule has 1 amide bonds. The fraction of sp³-hybridized carbons (Fsp3) is 0.333. The summed E-state index contributed by atoms with van der Waals surface area (Å²) in [6.45, 7) is 4.03. The first-order valence-corrected chi connectivity index (χ1v) is 11.9. The van der Waals surface area contributed by atoms with Crippen molar-refractivity contribution in [3.8, 4) is 0 Å². The standard InChI is InChI=1S/C21H23ClN4O3S2/c1-4-15-11-16(20(28)29-5-2)19(31-15)23-18(27)12-30-21-25-24-17(26(21)3)10-13-6-8-14(22)9-7-13/h6-9,11H,4-5,10,12H2,1-3H3,(H,23,27). The quantitative estimate of drug-likeness (QED) is 0.357. The van der Waals surface area contributed by atoms with Crippen molar-refractivity contribution >= 4 is 51.6 Å². The maximum absolute atomic E-state index is 12.5. The van der Waals surface area contributed by atoms with E-state index in [-0.39, 0.29) is 18.3 Å². The van der Waals surface area contributed by atoms with Crippen LogP contribution < -0.4 is 5.32 Å². The van der Waals surface area contributed by atoms with Crippen LogP contribution in [0, 0.1) is 0 Å². The number of hydrogen-bond donors (Lipinski definition) is 1. The van der Waals surface area contributed by atoms with Crippen LogP contribution in [0.25, 0.3) is 0 Å². The number of benzene rings is 1. The van der Waals surface area contributed by atoms with Crippen molar-refractivity contribution in [1.82, 2.24) is 14.8 Å². The van der Waals surface area contributed by atoms with Crippen LogP contribution in [0.4, 0.5) is 5.00 Å². The zero-order valence-electron chi connectivity index (χ0n) is 17.5. The van der Waals surface area contributed by atoms with E-state index in [0.717, 1.165) is 22.7 Å². The molecule has 2 heterocycles. The Kier molecular flexibility index (Phi) is 8.11. The Morgan fingerprint density at radius 1 is 1.23 bits per heavy atom. The number of halogens is 1. The third-order valence-corrected chi connectivity index (χ3v) is 6.88. The molecule has 0 saturated heterocycles. The van der Waals surface area contributed by atoms with Crippen molar-refractivity contribution in [2.24, 2.45) is 7.05 Å². The first-order valence-electron chi connectivity index (χ1n) is 9.76. The van der Waals surface area contributed by atoms with Crippen LogP contribution in [-0.4, -0.2) is 39.0 Å². The normalized spacial score (nSPS) is 10.8. The van der Waals surface area contributed by atoms with Crippen LogP contribution in [0.15, 0.2) is 35.5 Å². The highest BCUT2D eigenvalue weighted by atomic mass is 35.5. The molecule has 0 aliphatic heterocycles. The van der Waals surface area contributed by atoms with Crippen molar-refractivity contribution in [1.29, 1.82) is 0 Å². The van der Waals surface area contributed by atoms with E-state index < -0.39 is 5.97 Å². The molecular weight excluding hydrogens is 456 g/mol. The molecule has 31 heavy (non-hydrogen) atoms. The minimum Gasteiger partial charge on any atom is -0.462 e. The van der Waals surface area contributed by atoms with Crippen molar-refractivity contribution in [3.63, 3.8) is 0 Å². The Labute approximate surface area is 194 Å². The monoisotopic (exact) mass is 478 g/mol. The first kappa shape index (κ1) is 23.3. The van der Waals surface area contributed by atoms with Crippen LogP contribution in [0.2, 0.25) is 5.02 Å². The average molecular weight is 479 g/mol. The molecule has 0 bridgehead atoms. The molecule has 7 nitrogen and oxygen atoms in total. The molecule has 10 heteroatoms.